The minimum absolute atomic E-state index is 0.0883. The first kappa shape index (κ1) is 20.8. The van der Waals surface area contributed by atoms with Crippen molar-refractivity contribution in [2.75, 3.05) is 12.3 Å². The first-order chi connectivity index (χ1) is 15.0. The van der Waals surface area contributed by atoms with Crippen LogP contribution in [0.15, 0.2) is 61.6 Å². The standard InChI is InChI=1S/C20H18N6O4S/c1-3-8-26-18(28)13(11(2)21-19(26)29)9-16-24-25-20(30-16)31-10-15-22-14-7-5-4-6-12(14)17(27)23-15/h3-7,12-13H,1,8-10H2,2H3. The van der Waals surface area contributed by atoms with E-state index in [0.717, 1.165) is 4.90 Å². The third-order valence-corrected chi connectivity index (χ3v) is 5.61. The number of hydrogen-bond acceptors (Lipinski definition) is 8. The number of fused-ring (bicyclic) bond motifs is 1. The van der Waals surface area contributed by atoms with Crippen molar-refractivity contribution >= 4 is 46.9 Å². The van der Waals surface area contributed by atoms with Crippen molar-refractivity contribution in [3.8, 4) is 0 Å². The minimum atomic E-state index is -0.661. The van der Waals surface area contributed by atoms with E-state index in [1.54, 1.807) is 25.2 Å². The third kappa shape index (κ3) is 4.36. The lowest BCUT2D eigenvalue weighted by Crippen LogP contribution is -2.46. The molecule has 158 valence electrons. The molecule has 0 spiro atoms. The Kier molecular flexibility index (Phi) is 5.85. The summed E-state index contributed by atoms with van der Waals surface area (Å²) in [4.78, 5) is 50.1. The molecular weight excluding hydrogens is 420 g/mol. The number of urea groups is 1. The van der Waals surface area contributed by atoms with E-state index in [4.69, 9.17) is 4.42 Å². The molecule has 0 fully saturated rings. The molecule has 11 heteroatoms. The number of nitrogens with zero attached hydrogens (tertiary/aromatic N) is 6. The first-order valence-electron chi connectivity index (χ1n) is 9.47. The van der Waals surface area contributed by atoms with Crippen LogP contribution < -0.4 is 0 Å². The van der Waals surface area contributed by atoms with Gasteiger partial charge in [-0.3, -0.25) is 14.5 Å². The molecule has 1 aliphatic carbocycles. The van der Waals surface area contributed by atoms with Crippen molar-refractivity contribution in [2.24, 2.45) is 26.8 Å². The van der Waals surface area contributed by atoms with Gasteiger partial charge in [0.05, 0.1) is 17.4 Å². The summed E-state index contributed by atoms with van der Waals surface area (Å²) in [5.41, 5.74) is 1.06. The van der Waals surface area contributed by atoms with E-state index in [9.17, 15) is 14.4 Å². The first-order valence-corrected chi connectivity index (χ1v) is 10.5. The van der Waals surface area contributed by atoms with Crippen LogP contribution in [-0.2, 0) is 16.0 Å². The molecule has 1 aromatic rings. The van der Waals surface area contributed by atoms with Crippen LogP contribution in [0.4, 0.5) is 4.79 Å². The predicted molar refractivity (Wildman–Crippen MR) is 114 cm³/mol. The van der Waals surface area contributed by atoms with Gasteiger partial charge in [0.2, 0.25) is 11.8 Å². The number of allylic oxidation sites excluding steroid dienone is 3. The smallest absolute Gasteiger partial charge is 0.350 e. The topological polar surface area (TPSA) is 130 Å². The Morgan fingerprint density at radius 1 is 1.19 bits per heavy atom. The number of aromatic nitrogens is 2. The molecule has 1 aromatic heterocycles. The summed E-state index contributed by atoms with van der Waals surface area (Å²) in [6, 6.07) is -0.601. The number of amidine groups is 1. The molecule has 2 unspecified atom stereocenters. The van der Waals surface area contributed by atoms with Gasteiger partial charge in [-0.25, -0.2) is 14.8 Å². The van der Waals surface area contributed by atoms with Crippen LogP contribution in [-0.4, -0.2) is 62.5 Å². The van der Waals surface area contributed by atoms with E-state index < -0.39 is 17.9 Å². The zero-order valence-corrected chi connectivity index (χ0v) is 17.4. The normalized spacial score (nSPS) is 22.8. The molecule has 2 atom stereocenters. The van der Waals surface area contributed by atoms with Gasteiger partial charge in [-0.2, -0.15) is 4.99 Å². The minimum Gasteiger partial charge on any atom is -0.416 e. The summed E-state index contributed by atoms with van der Waals surface area (Å²) in [6.07, 6.45) is 8.77. The fourth-order valence-electron chi connectivity index (χ4n) is 3.24. The SMILES string of the molecule is C=CCN1C(=O)N=C(C)C(Cc2nnc(SCC3=NC(=O)C4C=CC=CC4=N3)o2)C1=O. The van der Waals surface area contributed by atoms with Crippen LogP contribution in [0.2, 0.25) is 0 Å². The van der Waals surface area contributed by atoms with Crippen molar-refractivity contribution < 1.29 is 18.8 Å². The lowest BCUT2D eigenvalue weighted by atomic mass is 9.97. The quantitative estimate of drug-likeness (QED) is 0.470. The summed E-state index contributed by atoms with van der Waals surface area (Å²) < 4.78 is 5.63. The summed E-state index contributed by atoms with van der Waals surface area (Å²) in [5, 5.41) is 8.22. The molecule has 0 N–H and O–H groups in total. The molecule has 3 aliphatic rings. The van der Waals surface area contributed by atoms with E-state index in [1.807, 2.05) is 6.08 Å². The van der Waals surface area contributed by atoms with Crippen molar-refractivity contribution in [1.29, 1.82) is 0 Å². The zero-order chi connectivity index (χ0) is 22.0. The molecule has 2 aliphatic heterocycles. The Morgan fingerprint density at radius 2 is 2.03 bits per heavy atom. The fraction of sp³-hybridized carbons (Fsp3) is 0.300. The van der Waals surface area contributed by atoms with Crippen molar-refractivity contribution in [3.05, 3.63) is 42.8 Å². The van der Waals surface area contributed by atoms with Crippen LogP contribution in [0.3, 0.4) is 0 Å². The molecule has 4 rings (SSSR count). The number of carbonyl (C=O) groups excluding carboxylic acids is 3. The summed E-state index contributed by atoms with van der Waals surface area (Å²) in [6.45, 7) is 5.27. The maximum Gasteiger partial charge on any atom is 0.350 e. The van der Waals surface area contributed by atoms with E-state index >= 15 is 0 Å². The highest BCUT2D eigenvalue weighted by Gasteiger charge is 2.36. The number of aliphatic imine (C=N–C) groups is 3. The third-order valence-electron chi connectivity index (χ3n) is 4.80. The average Bonchev–Trinajstić information content (AvgIpc) is 3.20. The van der Waals surface area contributed by atoms with Gasteiger partial charge >= 0.3 is 6.03 Å². The molecule has 0 saturated carbocycles. The average molecular weight is 438 g/mol. The van der Waals surface area contributed by atoms with E-state index in [0.29, 0.717) is 17.3 Å². The highest BCUT2D eigenvalue weighted by atomic mass is 32.2. The van der Waals surface area contributed by atoms with Crippen molar-refractivity contribution in [2.45, 2.75) is 18.6 Å². The molecule has 0 aromatic carbocycles. The van der Waals surface area contributed by atoms with E-state index in [2.05, 4.69) is 31.8 Å². The molecule has 0 bridgehead atoms. The molecule has 31 heavy (non-hydrogen) atoms. The Morgan fingerprint density at radius 3 is 2.84 bits per heavy atom. The number of hydrogen-bond donors (Lipinski definition) is 0. The second-order valence-electron chi connectivity index (χ2n) is 6.90. The van der Waals surface area contributed by atoms with Crippen LogP contribution in [0, 0.1) is 11.8 Å². The highest BCUT2D eigenvalue weighted by Crippen LogP contribution is 2.23. The molecule has 0 saturated heterocycles. The van der Waals surface area contributed by atoms with E-state index in [1.165, 1.54) is 17.8 Å². The summed E-state index contributed by atoms with van der Waals surface area (Å²) in [7, 11) is 0. The van der Waals surface area contributed by atoms with Crippen LogP contribution >= 0.6 is 11.8 Å². The van der Waals surface area contributed by atoms with Crippen LogP contribution in [0.25, 0.3) is 0 Å². The van der Waals surface area contributed by atoms with Gasteiger partial charge in [-0.15, -0.1) is 16.8 Å². The largest absolute Gasteiger partial charge is 0.416 e. The number of amides is 4. The summed E-state index contributed by atoms with van der Waals surface area (Å²) in [5.74, 6) is -0.797. The maximum absolute atomic E-state index is 12.6. The molecule has 4 amide bonds. The van der Waals surface area contributed by atoms with Crippen LogP contribution in [0.5, 0.6) is 0 Å². The van der Waals surface area contributed by atoms with Gasteiger partial charge in [0.15, 0.2) is 0 Å². The van der Waals surface area contributed by atoms with Crippen molar-refractivity contribution in [3.63, 3.8) is 0 Å². The summed E-state index contributed by atoms with van der Waals surface area (Å²) >= 11 is 1.20. The Hall–Kier alpha value is -3.47. The second-order valence-corrected chi connectivity index (χ2v) is 7.83. The zero-order valence-electron chi connectivity index (χ0n) is 16.6. The van der Waals surface area contributed by atoms with Gasteiger partial charge in [-0.05, 0) is 13.0 Å². The molecule has 10 nitrogen and oxygen atoms in total. The molecule has 0 radical (unpaired) electrons. The van der Waals surface area contributed by atoms with Crippen LogP contribution in [0.1, 0.15) is 12.8 Å². The molecular formula is C20H18N6O4S. The number of rotatable bonds is 7. The Labute approximate surface area is 181 Å². The highest BCUT2D eigenvalue weighted by molar-refractivity contribution is 7.99. The van der Waals surface area contributed by atoms with E-state index in [-0.39, 0.29) is 41.6 Å². The Balaban J connectivity index is 1.40. The van der Waals surface area contributed by atoms with Gasteiger partial charge in [0.1, 0.15) is 11.8 Å². The van der Waals surface area contributed by atoms with Gasteiger partial charge in [0.25, 0.3) is 11.1 Å². The lowest BCUT2D eigenvalue weighted by Gasteiger charge is -2.27. The van der Waals surface area contributed by atoms with Gasteiger partial charge in [0, 0.05) is 18.7 Å². The lowest BCUT2D eigenvalue weighted by molar-refractivity contribution is -0.130. The van der Waals surface area contributed by atoms with Gasteiger partial charge in [-0.1, -0.05) is 36.1 Å². The fourth-order valence-corrected chi connectivity index (χ4v) is 3.88. The van der Waals surface area contributed by atoms with Gasteiger partial charge < -0.3 is 4.42 Å². The monoisotopic (exact) mass is 438 g/mol. The predicted octanol–water partition coefficient (Wildman–Crippen LogP) is 2.05. The molecule has 3 heterocycles. The maximum atomic E-state index is 12.6. The number of thioether (sulfide) groups is 1. The van der Waals surface area contributed by atoms with Crippen molar-refractivity contribution in [1.82, 2.24) is 15.1 Å². The number of imide groups is 1. The Bertz CT molecular complexity index is 1110. The number of carbonyl (C=O) groups is 3. The second kappa shape index (κ2) is 8.72.